The molecule has 0 N–H and O–H groups in total. The molecule has 1 aromatic heterocycles. The standard InChI is InChI=1S/C12H8F3N3O/c1-19-10-4-2-3-8(5-16)11(10)18-7-9(6-17-18)12(13,14)15/h2-4,6-7H,1H3. The highest BCUT2D eigenvalue weighted by molar-refractivity contribution is 5.57. The molecule has 0 aliphatic carbocycles. The van der Waals surface area contributed by atoms with E-state index in [2.05, 4.69) is 5.10 Å². The Morgan fingerprint density at radius 2 is 2.11 bits per heavy atom. The molecule has 0 unspecified atom stereocenters. The number of hydrogen-bond donors (Lipinski definition) is 0. The van der Waals surface area contributed by atoms with Crippen LogP contribution in [0.25, 0.3) is 5.69 Å². The quantitative estimate of drug-likeness (QED) is 0.840. The molecule has 1 aromatic carbocycles. The molecule has 0 amide bonds. The van der Waals surface area contributed by atoms with Crippen molar-refractivity contribution in [2.45, 2.75) is 6.18 Å². The second kappa shape index (κ2) is 4.65. The summed E-state index contributed by atoms with van der Waals surface area (Å²) in [6.45, 7) is 0. The van der Waals surface area contributed by atoms with Gasteiger partial charge < -0.3 is 4.74 Å². The maximum Gasteiger partial charge on any atom is 0.419 e. The predicted octanol–water partition coefficient (Wildman–Crippen LogP) is 2.77. The molecule has 7 heteroatoms. The molecule has 0 fully saturated rings. The third-order valence-electron chi connectivity index (χ3n) is 2.48. The number of methoxy groups -OCH3 is 1. The zero-order valence-corrected chi connectivity index (χ0v) is 9.77. The summed E-state index contributed by atoms with van der Waals surface area (Å²) in [4.78, 5) is 0. The largest absolute Gasteiger partial charge is 0.494 e. The molecular formula is C12H8F3N3O. The Hall–Kier alpha value is -2.49. The number of ether oxygens (including phenoxy) is 1. The van der Waals surface area contributed by atoms with Crippen LogP contribution in [0.15, 0.2) is 30.6 Å². The normalized spacial score (nSPS) is 11.1. The first-order valence-electron chi connectivity index (χ1n) is 5.16. The van der Waals surface area contributed by atoms with Crippen LogP contribution < -0.4 is 4.74 Å². The number of nitriles is 1. The van der Waals surface area contributed by atoms with E-state index in [0.29, 0.717) is 6.20 Å². The van der Waals surface area contributed by atoms with Crippen molar-refractivity contribution in [1.29, 1.82) is 5.26 Å². The molecule has 0 aliphatic heterocycles. The van der Waals surface area contributed by atoms with Gasteiger partial charge in [0, 0.05) is 6.20 Å². The van der Waals surface area contributed by atoms with Crippen LogP contribution in [0.5, 0.6) is 5.75 Å². The lowest BCUT2D eigenvalue weighted by molar-refractivity contribution is -0.137. The van der Waals surface area contributed by atoms with Crippen LogP contribution in [0.2, 0.25) is 0 Å². The highest BCUT2D eigenvalue weighted by Gasteiger charge is 2.32. The highest BCUT2D eigenvalue weighted by atomic mass is 19.4. The van der Waals surface area contributed by atoms with Crippen molar-refractivity contribution < 1.29 is 17.9 Å². The number of alkyl halides is 3. The van der Waals surface area contributed by atoms with Gasteiger partial charge in [-0.15, -0.1) is 0 Å². The summed E-state index contributed by atoms with van der Waals surface area (Å²) in [5.74, 6) is 0.274. The fourth-order valence-electron chi connectivity index (χ4n) is 1.61. The van der Waals surface area contributed by atoms with Gasteiger partial charge in [-0.05, 0) is 12.1 Å². The Balaban J connectivity index is 2.59. The zero-order valence-electron chi connectivity index (χ0n) is 9.77. The first kappa shape index (κ1) is 13.0. The van der Waals surface area contributed by atoms with Gasteiger partial charge in [0.1, 0.15) is 17.5 Å². The summed E-state index contributed by atoms with van der Waals surface area (Å²) in [5.41, 5.74) is -0.526. The van der Waals surface area contributed by atoms with E-state index in [0.717, 1.165) is 10.9 Å². The lowest BCUT2D eigenvalue weighted by Gasteiger charge is -2.09. The van der Waals surface area contributed by atoms with E-state index in [1.807, 2.05) is 6.07 Å². The fourth-order valence-corrected chi connectivity index (χ4v) is 1.61. The Kier molecular flexibility index (Phi) is 3.17. The molecule has 0 saturated carbocycles. The Labute approximate surface area is 106 Å². The molecule has 4 nitrogen and oxygen atoms in total. The van der Waals surface area contributed by atoms with Gasteiger partial charge in [0.15, 0.2) is 0 Å². The van der Waals surface area contributed by atoms with Gasteiger partial charge in [-0.25, -0.2) is 4.68 Å². The number of aromatic nitrogens is 2. The molecular weight excluding hydrogens is 259 g/mol. The van der Waals surface area contributed by atoms with Crippen molar-refractivity contribution in [1.82, 2.24) is 9.78 Å². The molecule has 1 heterocycles. The average molecular weight is 267 g/mol. The molecule has 0 bridgehead atoms. The SMILES string of the molecule is COc1cccc(C#N)c1-n1cc(C(F)(F)F)cn1. The van der Waals surface area contributed by atoms with Crippen LogP contribution in [-0.2, 0) is 6.18 Å². The highest BCUT2D eigenvalue weighted by Crippen LogP contribution is 2.31. The van der Waals surface area contributed by atoms with Crippen LogP contribution >= 0.6 is 0 Å². The lowest BCUT2D eigenvalue weighted by atomic mass is 10.2. The number of benzene rings is 1. The van der Waals surface area contributed by atoms with Crippen molar-refractivity contribution in [3.05, 3.63) is 41.7 Å². The Bertz CT molecular complexity index is 640. The van der Waals surface area contributed by atoms with Gasteiger partial charge in [0.25, 0.3) is 0 Å². The second-order valence-electron chi connectivity index (χ2n) is 3.64. The van der Waals surface area contributed by atoms with E-state index in [9.17, 15) is 13.2 Å². The smallest absolute Gasteiger partial charge is 0.419 e. The summed E-state index contributed by atoms with van der Waals surface area (Å²) < 4.78 is 43.6. The minimum absolute atomic E-state index is 0.177. The monoisotopic (exact) mass is 267 g/mol. The minimum Gasteiger partial charge on any atom is -0.494 e. The minimum atomic E-state index is -4.48. The molecule has 2 rings (SSSR count). The molecule has 0 atom stereocenters. The van der Waals surface area contributed by atoms with E-state index in [1.54, 1.807) is 12.1 Å². The number of nitrogens with zero attached hydrogens (tertiary/aromatic N) is 3. The predicted molar refractivity (Wildman–Crippen MR) is 59.8 cm³/mol. The van der Waals surface area contributed by atoms with E-state index in [-0.39, 0.29) is 17.0 Å². The molecule has 2 aromatic rings. The third-order valence-corrected chi connectivity index (χ3v) is 2.48. The van der Waals surface area contributed by atoms with Gasteiger partial charge in [-0.2, -0.15) is 23.5 Å². The second-order valence-corrected chi connectivity index (χ2v) is 3.64. The van der Waals surface area contributed by atoms with Crippen LogP contribution in [-0.4, -0.2) is 16.9 Å². The first-order chi connectivity index (χ1) is 8.97. The fraction of sp³-hybridized carbons (Fsp3) is 0.167. The first-order valence-corrected chi connectivity index (χ1v) is 5.16. The summed E-state index contributed by atoms with van der Waals surface area (Å²) in [6, 6.07) is 6.50. The number of hydrogen-bond acceptors (Lipinski definition) is 3. The third kappa shape index (κ3) is 2.38. The molecule has 0 radical (unpaired) electrons. The van der Waals surface area contributed by atoms with Gasteiger partial charge in [-0.3, -0.25) is 0 Å². The number of para-hydroxylation sites is 1. The molecule has 98 valence electrons. The van der Waals surface area contributed by atoms with Gasteiger partial charge in [0.05, 0.1) is 24.4 Å². The van der Waals surface area contributed by atoms with E-state index in [1.165, 1.54) is 13.2 Å². The van der Waals surface area contributed by atoms with Gasteiger partial charge in [0.2, 0.25) is 0 Å². The van der Waals surface area contributed by atoms with E-state index < -0.39 is 11.7 Å². The maximum atomic E-state index is 12.5. The van der Waals surface area contributed by atoms with Crippen molar-refractivity contribution in [2.24, 2.45) is 0 Å². The Morgan fingerprint density at radius 3 is 2.63 bits per heavy atom. The summed E-state index contributed by atoms with van der Waals surface area (Å²) in [7, 11) is 1.37. The van der Waals surface area contributed by atoms with Crippen LogP contribution in [0.1, 0.15) is 11.1 Å². The van der Waals surface area contributed by atoms with Gasteiger partial charge >= 0.3 is 6.18 Å². The lowest BCUT2D eigenvalue weighted by Crippen LogP contribution is -2.04. The maximum absolute atomic E-state index is 12.5. The van der Waals surface area contributed by atoms with E-state index >= 15 is 0 Å². The summed E-state index contributed by atoms with van der Waals surface area (Å²) in [5, 5.41) is 12.6. The average Bonchev–Trinajstić information content (AvgIpc) is 2.86. The van der Waals surface area contributed by atoms with E-state index in [4.69, 9.17) is 10.00 Å². The Morgan fingerprint density at radius 1 is 1.37 bits per heavy atom. The van der Waals surface area contributed by atoms with Crippen molar-refractivity contribution >= 4 is 0 Å². The van der Waals surface area contributed by atoms with Crippen molar-refractivity contribution in [2.75, 3.05) is 7.11 Å². The van der Waals surface area contributed by atoms with Crippen molar-refractivity contribution in [3.8, 4) is 17.5 Å². The molecule has 19 heavy (non-hydrogen) atoms. The van der Waals surface area contributed by atoms with Crippen LogP contribution in [0, 0.1) is 11.3 Å². The van der Waals surface area contributed by atoms with Crippen LogP contribution in [0.3, 0.4) is 0 Å². The number of halogens is 3. The topological polar surface area (TPSA) is 50.8 Å². The molecule has 0 aliphatic rings. The summed E-state index contributed by atoms with van der Waals surface area (Å²) in [6.07, 6.45) is -2.96. The number of rotatable bonds is 2. The molecule has 0 saturated heterocycles. The van der Waals surface area contributed by atoms with Crippen LogP contribution in [0.4, 0.5) is 13.2 Å². The molecule has 0 spiro atoms. The summed E-state index contributed by atoms with van der Waals surface area (Å²) >= 11 is 0. The zero-order chi connectivity index (χ0) is 14.0. The van der Waals surface area contributed by atoms with Crippen molar-refractivity contribution in [3.63, 3.8) is 0 Å². The van der Waals surface area contributed by atoms with Gasteiger partial charge in [-0.1, -0.05) is 6.07 Å².